The molecule has 16 heavy (non-hydrogen) atoms. The Morgan fingerprint density at radius 2 is 2.19 bits per heavy atom. The summed E-state index contributed by atoms with van der Waals surface area (Å²) in [6, 6.07) is 6.56. The van der Waals surface area contributed by atoms with Gasteiger partial charge in [-0.2, -0.15) is 0 Å². The zero-order valence-corrected chi connectivity index (χ0v) is 10.9. The van der Waals surface area contributed by atoms with Gasteiger partial charge in [-0.1, -0.05) is 38.2 Å². The minimum atomic E-state index is 0.582. The van der Waals surface area contributed by atoms with E-state index in [1.54, 1.807) is 11.3 Å². The van der Waals surface area contributed by atoms with Crippen LogP contribution in [0.5, 0.6) is 0 Å². The summed E-state index contributed by atoms with van der Waals surface area (Å²) >= 11 is 1.75. The van der Waals surface area contributed by atoms with Crippen molar-refractivity contribution >= 4 is 26.7 Å². The second kappa shape index (κ2) is 4.83. The minimum Gasteiger partial charge on any atom is -0.361 e. The average Bonchev–Trinajstić information content (AvgIpc) is 2.67. The maximum absolute atomic E-state index is 4.56. The molecule has 0 atom stereocenters. The number of nitrogens with zero attached hydrogens (tertiary/aromatic N) is 1. The summed E-state index contributed by atoms with van der Waals surface area (Å²) in [5, 5.41) is 4.38. The summed E-state index contributed by atoms with van der Waals surface area (Å²) in [5.74, 6) is 0.582. The van der Waals surface area contributed by atoms with Gasteiger partial charge in [-0.05, 0) is 30.0 Å². The largest absolute Gasteiger partial charge is 0.361 e. The van der Waals surface area contributed by atoms with Crippen molar-refractivity contribution in [2.75, 3.05) is 11.9 Å². The average molecular weight is 234 g/mol. The van der Waals surface area contributed by atoms with E-state index >= 15 is 0 Å². The smallest absolute Gasteiger partial charge is 0.183 e. The van der Waals surface area contributed by atoms with Crippen LogP contribution < -0.4 is 5.32 Å². The maximum Gasteiger partial charge on any atom is 0.183 e. The number of hydrogen-bond acceptors (Lipinski definition) is 3. The Morgan fingerprint density at radius 1 is 1.38 bits per heavy atom. The Bertz CT molecular complexity index is 474. The number of hydrogen-bond donors (Lipinski definition) is 1. The molecule has 0 aliphatic rings. The van der Waals surface area contributed by atoms with E-state index in [1.165, 1.54) is 10.3 Å². The Labute approximate surface area is 101 Å². The number of aromatic nitrogens is 1. The van der Waals surface area contributed by atoms with E-state index in [1.807, 2.05) is 0 Å². The molecule has 2 rings (SSSR count). The molecule has 0 amide bonds. The van der Waals surface area contributed by atoms with Gasteiger partial charge in [-0.25, -0.2) is 4.98 Å². The van der Waals surface area contributed by atoms with Gasteiger partial charge in [-0.3, -0.25) is 0 Å². The predicted octanol–water partition coefficient (Wildman–Crippen LogP) is 4.24. The lowest BCUT2D eigenvalue weighted by molar-refractivity contribution is 0.869. The van der Waals surface area contributed by atoms with Gasteiger partial charge < -0.3 is 5.32 Å². The van der Waals surface area contributed by atoms with E-state index in [9.17, 15) is 0 Å². The fourth-order valence-electron chi connectivity index (χ4n) is 1.61. The molecule has 86 valence electrons. The van der Waals surface area contributed by atoms with Crippen LogP contribution in [-0.2, 0) is 0 Å². The minimum absolute atomic E-state index is 0.582. The van der Waals surface area contributed by atoms with Crippen molar-refractivity contribution in [2.45, 2.75) is 33.1 Å². The van der Waals surface area contributed by atoms with E-state index in [4.69, 9.17) is 0 Å². The Morgan fingerprint density at radius 3 is 2.88 bits per heavy atom. The van der Waals surface area contributed by atoms with Crippen molar-refractivity contribution in [3.8, 4) is 0 Å². The van der Waals surface area contributed by atoms with E-state index in [2.05, 4.69) is 49.3 Å². The van der Waals surface area contributed by atoms with Crippen LogP contribution in [0.2, 0.25) is 0 Å². The van der Waals surface area contributed by atoms with Crippen LogP contribution in [-0.4, -0.2) is 11.5 Å². The number of fused-ring (bicyclic) bond motifs is 1. The highest BCUT2D eigenvalue weighted by Crippen LogP contribution is 2.28. The van der Waals surface area contributed by atoms with E-state index in [0.717, 1.165) is 23.6 Å². The van der Waals surface area contributed by atoms with Gasteiger partial charge >= 0.3 is 0 Å². The quantitative estimate of drug-likeness (QED) is 0.855. The highest BCUT2D eigenvalue weighted by molar-refractivity contribution is 7.22. The van der Waals surface area contributed by atoms with Crippen LogP contribution in [0.1, 0.15) is 38.7 Å². The lowest BCUT2D eigenvalue weighted by Gasteiger charge is -2.03. The summed E-state index contributed by atoms with van der Waals surface area (Å²) in [4.78, 5) is 4.56. The topological polar surface area (TPSA) is 24.9 Å². The second-order valence-corrected chi connectivity index (χ2v) is 5.36. The lowest BCUT2D eigenvalue weighted by atomic mass is 10.0. The predicted molar refractivity (Wildman–Crippen MR) is 72.5 cm³/mol. The van der Waals surface area contributed by atoms with Gasteiger partial charge in [0.1, 0.15) is 0 Å². The van der Waals surface area contributed by atoms with Gasteiger partial charge in [0, 0.05) is 6.54 Å². The van der Waals surface area contributed by atoms with E-state index in [-0.39, 0.29) is 0 Å². The Hall–Kier alpha value is -1.09. The molecule has 0 saturated heterocycles. The van der Waals surface area contributed by atoms with Gasteiger partial charge in [0.05, 0.1) is 10.2 Å². The first-order chi connectivity index (χ1) is 7.70. The molecule has 0 fully saturated rings. The lowest BCUT2D eigenvalue weighted by Crippen LogP contribution is -1.98. The molecular formula is C13H18N2S. The Kier molecular flexibility index (Phi) is 3.44. The zero-order chi connectivity index (χ0) is 11.5. The van der Waals surface area contributed by atoms with Crippen molar-refractivity contribution in [2.24, 2.45) is 0 Å². The van der Waals surface area contributed by atoms with Crippen molar-refractivity contribution in [3.63, 3.8) is 0 Å². The maximum atomic E-state index is 4.56. The third-order valence-electron chi connectivity index (χ3n) is 2.61. The van der Waals surface area contributed by atoms with Crippen LogP contribution in [0.25, 0.3) is 10.2 Å². The first-order valence-corrected chi connectivity index (χ1v) is 6.66. The second-order valence-electron chi connectivity index (χ2n) is 4.33. The molecule has 3 heteroatoms. The molecule has 1 heterocycles. The molecule has 0 saturated carbocycles. The molecule has 0 bridgehead atoms. The van der Waals surface area contributed by atoms with Crippen LogP contribution in [0.15, 0.2) is 18.2 Å². The normalized spacial score (nSPS) is 11.2. The Balaban J connectivity index is 2.30. The zero-order valence-electron chi connectivity index (χ0n) is 10.1. The summed E-state index contributed by atoms with van der Waals surface area (Å²) < 4.78 is 1.28. The van der Waals surface area contributed by atoms with Crippen molar-refractivity contribution in [3.05, 3.63) is 23.8 Å². The molecule has 2 nitrogen and oxygen atoms in total. The number of nitrogens with one attached hydrogen (secondary N) is 1. The molecule has 0 aliphatic carbocycles. The van der Waals surface area contributed by atoms with Crippen LogP contribution in [0.4, 0.5) is 5.13 Å². The summed E-state index contributed by atoms with van der Waals surface area (Å²) in [5.41, 5.74) is 2.49. The molecule has 0 spiro atoms. The number of rotatable bonds is 4. The van der Waals surface area contributed by atoms with Crippen molar-refractivity contribution in [1.29, 1.82) is 0 Å². The van der Waals surface area contributed by atoms with Gasteiger partial charge in [0.25, 0.3) is 0 Å². The summed E-state index contributed by atoms with van der Waals surface area (Å²) in [6.07, 6.45) is 1.13. The highest BCUT2D eigenvalue weighted by Gasteiger charge is 2.05. The summed E-state index contributed by atoms with van der Waals surface area (Å²) in [7, 11) is 0. The number of anilines is 1. The molecule has 1 N–H and O–H groups in total. The molecule has 0 aliphatic heterocycles. The fraction of sp³-hybridized carbons (Fsp3) is 0.462. The molecular weight excluding hydrogens is 216 g/mol. The molecule has 2 aromatic rings. The first-order valence-electron chi connectivity index (χ1n) is 5.85. The van der Waals surface area contributed by atoms with Crippen LogP contribution >= 0.6 is 11.3 Å². The third-order valence-corrected chi connectivity index (χ3v) is 3.58. The van der Waals surface area contributed by atoms with E-state index in [0.29, 0.717) is 5.92 Å². The molecule has 0 radical (unpaired) electrons. The molecule has 0 unspecified atom stereocenters. The van der Waals surface area contributed by atoms with Crippen molar-refractivity contribution < 1.29 is 0 Å². The number of thiazole rings is 1. The monoisotopic (exact) mass is 234 g/mol. The van der Waals surface area contributed by atoms with Crippen LogP contribution in [0.3, 0.4) is 0 Å². The molecule has 1 aromatic heterocycles. The van der Waals surface area contributed by atoms with Gasteiger partial charge in [0.15, 0.2) is 5.13 Å². The third kappa shape index (κ3) is 2.35. The SMILES string of the molecule is CCCNc1nc2ccc(C(C)C)cc2s1. The van der Waals surface area contributed by atoms with Crippen molar-refractivity contribution in [1.82, 2.24) is 4.98 Å². The first kappa shape index (κ1) is 11.4. The van der Waals surface area contributed by atoms with Gasteiger partial charge in [0.2, 0.25) is 0 Å². The molecule has 1 aromatic carbocycles. The van der Waals surface area contributed by atoms with Crippen LogP contribution in [0, 0.1) is 0 Å². The van der Waals surface area contributed by atoms with Gasteiger partial charge in [-0.15, -0.1) is 0 Å². The standard InChI is InChI=1S/C13H18N2S/c1-4-7-14-13-15-11-6-5-10(9(2)3)8-12(11)16-13/h5-6,8-9H,4,7H2,1-3H3,(H,14,15). The summed E-state index contributed by atoms with van der Waals surface area (Å²) in [6.45, 7) is 7.60. The highest BCUT2D eigenvalue weighted by atomic mass is 32.1. The number of benzene rings is 1. The fourth-order valence-corrected chi connectivity index (χ4v) is 2.55. The van der Waals surface area contributed by atoms with E-state index < -0.39 is 0 Å².